The number of thiophene rings is 1. The highest BCUT2D eigenvalue weighted by Crippen LogP contribution is 2.43. The maximum absolute atomic E-state index is 2.44. The van der Waals surface area contributed by atoms with Crippen LogP contribution in [0, 0.1) is 0 Å². The van der Waals surface area contributed by atoms with Crippen LogP contribution in [0.5, 0.6) is 0 Å². The van der Waals surface area contributed by atoms with Crippen LogP contribution in [0.2, 0.25) is 0 Å². The van der Waals surface area contributed by atoms with Gasteiger partial charge < -0.3 is 9.47 Å². The van der Waals surface area contributed by atoms with Gasteiger partial charge in [0, 0.05) is 53.7 Å². The molecule has 0 unspecified atom stereocenters. The molecule has 0 N–H and O–H groups in total. The van der Waals surface area contributed by atoms with E-state index in [4.69, 9.17) is 0 Å². The van der Waals surface area contributed by atoms with Gasteiger partial charge in [-0.05, 0) is 130 Å². The molecule has 0 aliphatic heterocycles. The van der Waals surface area contributed by atoms with Crippen LogP contribution in [0.3, 0.4) is 0 Å². The van der Waals surface area contributed by atoms with Crippen molar-refractivity contribution in [3.63, 3.8) is 0 Å². The molecular formula is C56H38N2S. The monoisotopic (exact) mass is 770 g/mol. The van der Waals surface area contributed by atoms with Gasteiger partial charge in [-0.15, -0.1) is 11.3 Å². The van der Waals surface area contributed by atoms with Gasteiger partial charge in [-0.3, -0.25) is 0 Å². The Kier molecular flexibility index (Phi) is 7.89. The van der Waals surface area contributed by atoms with Crippen LogP contribution in [0.15, 0.2) is 200 Å². The predicted octanol–water partition coefficient (Wildman–Crippen LogP) is 16.1. The molecule has 12 rings (SSSR count). The number of para-hydroxylation sites is 2. The molecule has 0 fully saturated rings. The summed E-state index contributed by atoms with van der Waals surface area (Å²) in [5.74, 6) is 0. The molecule has 0 saturated carbocycles. The number of aromatic nitrogens is 1. The van der Waals surface area contributed by atoms with Crippen molar-refractivity contribution in [1.29, 1.82) is 0 Å². The Labute approximate surface area is 347 Å². The SMILES string of the molecule is C1=Cc2ccc3cc(-c4ccc(N(c5ccccc5)c5cccc(-c6cccc7c6c6ccccc6n7-c6ccc7c(c6)sc6ccccc67)c5)cc4)ccc3c2CC1. The van der Waals surface area contributed by atoms with E-state index < -0.39 is 0 Å². The molecule has 9 aromatic carbocycles. The first-order valence-corrected chi connectivity index (χ1v) is 21.3. The third-order valence-electron chi connectivity index (χ3n) is 12.2. The largest absolute Gasteiger partial charge is 0.310 e. The van der Waals surface area contributed by atoms with E-state index in [1.807, 2.05) is 11.3 Å². The molecule has 3 heteroatoms. The summed E-state index contributed by atoms with van der Waals surface area (Å²) < 4.78 is 5.08. The lowest BCUT2D eigenvalue weighted by Gasteiger charge is -2.26. The van der Waals surface area contributed by atoms with Crippen molar-refractivity contribution >= 4 is 87.2 Å². The smallest absolute Gasteiger partial charge is 0.0547 e. The lowest BCUT2D eigenvalue weighted by Crippen LogP contribution is -2.09. The van der Waals surface area contributed by atoms with Gasteiger partial charge in [0.05, 0.1) is 11.0 Å². The van der Waals surface area contributed by atoms with Crippen molar-refractivity contribution in [2.45, 2.75) is 12.8 Å². The summed E-state index contributed by atoms with van der Waals surface area (Å²) in [6.07, 6.45) is 6.78. The standard InChI is InChI=1S/C56H38N2S/c1-2-14-42(15-3-1)57(43-29-26-37(27-30-43)39-28-32-47-41(34-39)25-24-38-12-4-5-17-46(38)47)44-16-10-13-40(35-44)48-20-11-22-53-56(48)51-19-6-8-21-52(51)58(53)45-31-33-50-49-18-7-9-23-54(49)59-55(50)36-45/h1-4,6-16,18-36H,5,17H2. The molecule has 0 atom stereocenters. The first-order valence-electron chi connectivity index (χ1n) is 20.5. The summed E-state index contributed by atoms with van der Waals surface area (Å²) in [5, 5.41) is 7.83. The molecule has 1 aliphatic rings. The van der Waals surface area contributed by atoms with Crippen LogP contribution >= 0.6 is 11.3 Å². The number of fused-ring (bicyclic) bond motifs is 9. The van der Waals surface area contributed by atoms with E-state index >= 15 is 0 Å². The summed E-state index contributed by atoms with van der Waals surface area (Å²) in [4.78, 5) is 2.37. The lowest BCUT2D eigenvalue weighted by atomic mass is 9.90. The Hall–Kier alpha value is -7.20. The van der Waals surface area contributed by atoms with Crippen molar-refractivity contribution in [3.8, 4) is 27.9 Å². The fourth-order valence-corrected chi connectivity index (χ4v) is 10.6. The van der Waals surface area contributed by atoms with Crippen molar-refractivity contribution < 1.29 is 0 Å². The number of allylic oxidation sites excluding steroid dienone is 1. The number of nitrogens with zero attached hydrogens (tertiary/aromatic N) is 2. The van der Waals surface area contributed by atoms with E-state index in [0.29, 0.717) is 0 Å². The molecule has 2 heterocycles. The summed E-state index contributed by atoms with van der Waals surface area (Å²) in [6, 6.07) is 71.6. The summed E-state index contributed by atoms with van der Waals surface area (Å²) in [6.45, 7) is 0. The molecule has 11 aromatic rings. The summed E-state index contributed by atoms with van der Waals surface area (Å²) in [7, 11) is 0. The van der Waals surface area contributed by atoms with Crippen LogP contribution in [0.1, 0.15) is 17.5 Å². The molecule has 59 heavy (non-hydrogen) atoms. The highest BCUT2D eigenvalue weighted by atomic mass is 32.1. The van der Waals surface area contributed by atoms with E-state index in [1.165, 1.54) is 91.8 Å². The molecule has 2 aromatic heterocycles. The number of aryl methyl sites for hydroxylation is 1. The number of rotatable bonds is 6. The summed E-state index contributed by atoms with van der Waals surface area (Å²) >= 11 is 1.87. The number of anilines is 3. The number of hydrogen-bond donors (Lipinski definition) is 0. The predicted molar refractivity (Wildman–Crippen MR) is 254 cm³/mol. The van der Waals surface area contributed by atoms with Crippen LogP contribution < -0.4 is 4.90 Å². The van der Waals surface area contributed by atoms with E-state index in [2.05, 4.69) is 216 Å². The Bertz CT molecular complexity index is 3440. The highest BCUT2D eigenvalue weighted by molar-refractivity contribution is 7.25. The van der Waals surface area contributed by atoms with Crippen LogP contribution in [-0.2, 0) is 6.42 Å². The van der Waals surface area contributed by atoms with Gasteiger partial charge in [-0.1, -0.05) is 133 Å². The van der Waals surface area contributed by atoms with Crippen molar-refractivity contribution in [2.75, 3.05) is 4.90 Å². The van der Waals surface area contributed by atoms with Crippen LogP contribution in [0.25, 0.3) is 86.8 Å². The average Bonchev–Trinajstić information content (AvgIpc) is 3.85. The summed E-state index contributed by atoms with van der Waals surface area (Å²) in [5.41, 5.74) is 14.6. The number of hydrogen-bond acceptors (Lipinski definition) is 2. The second-order valence-electron chi connectivity index (χ2n) is 15.6. The zero-order chi connectivity index (χ0) is 38.9. The minimum absolute atomic E-state index is 1.11. The fourth-order valence-electron chi connectivity index (χ4n) is 9.50. The molecule has 0 amide bonds. The van der Waals surface area contributed by atoms with Gasteiger partial charge in [-0.25, -0.2) is 0 Å². The average molecular weight is 771 g/mol. The Morgan fingerprint density at radius 1 is 0.458 bits per heavy atom. The first kappa shape index (κ1) is 33.9. The maximum atomic E-state index is 2.44. The molecule has 2 nitrogen and oxygen atoms in total. The highest BCUT2D eigenvalue weighted by Gasteiger charge is 2.19. The van der Waals surface area contributed by atoms with Crippen molar-refractivity contribution in [3.05, 3.63) is 211 Å². The van der Waals surface area contributed by atoms with E-state index in [1.54, 1.807) is 0 Å². The first-order chi connectivity index (χ1) is 29.2. The Morgan fingerprint density at radius 3 is 2.10 bits per heavy atom. The van der Waals surface area contributed by atoms with Crippen molar-refractivity contribution in [1.82, 2.24) is 4.57 Å². The molecule has 0 spiro atoms. The fraction of sp³-hybridized carbons (Fsp3) is 0.0357. The van der Waals surface area contributed by atoms with Crippen LogP contribution in [0.4, 0.5) is 17.1 Å². The minimum atomic E-state index is 1.11. The third kappa shape index (κ3) is 5.61. The normalized spacial score (nSPS) is 12.5. The van der Waals surface area contributed by atoms with E-state index in [-0.39, 0.29) is 0 Å². The molecule has 0 bridgehead atoms. The van der Waals surface area contributed by atoms with Gasteiger partial charge in [0.2, 0.25) is 0 Å². The Balaban J connectivity index is 0.955. The minimum Gasteiger partial charge on any atom is -0.310 e. The van der Waals surface area contributed by atoms with Crippen molar-refractivity contribution in [2.24, 2.45) is 0 Å². The molecule has 0 radical (unpaired) electrons. The quantitative estimate of drug-likeness (QED) is 0.163. The van der Waals surface area contributed by atoms with Gasteiger partial charge in [-0.2, -0.15) is 0 Å². The number of benzene rings is 9. The van der Waals surface area contributed by atoms with Gasteiger partial charge >= 0.3 is 0 Å². The zero-order valence-corrected chi connectivity index (χ0v) is 33.2. The maximum Gasteiger partial charge on any atom is 0.0547 e. The van der Waals surface area contributed by atoms with Crippen LogP contribution in [-0.4, -0.2) is 4.57 Å². The molecular weight excluding hydrogens is 733 g/mol. The molecule has 0 saturated heterocycles. The second kappa shape index (κ2) is 13.7. The van der Waals surface area contributed by atoms with Gasteiger partial charge in [0.25, 0.3) is 0 Å². The lowest BCUT2D eigenvalue weighted by molar-refractivity contribution is 0.997. The third-order valence-corrected chi connectivity index (χ3v) is 13.4. The zero-order valence-electron chi connectivity index (χ0n) is 32.3. The van der Waals surface area contributed by atoms with Gasteiger partial charge in [0.1, 0.15) is 0 Å². The van der Waals surface area contributed by atoms with E-state index in [9.17, 15) is 0 Å². The second-order valence-corrected chi connectivity index (χ2v) is 16.7. The molecule has 1 aliphatic carbocycles. The Morgan fingerprint density at radius 2 is 1.19 bits per heavy atom. The van der Waals surface area contributed by atoms with Gasteiger partial charge in [0.15, 0.2) is 0 Å². The van der Waals surface area contributed by atoms with E-state index in [0.717, 1.165) is 29.9 Å². The molecule has 278 valence electrons. The topological polar surface area (TPSA) is 8.17 Å².